The highest BCUT2D eigenvalue weighted by Gasteiger charge is 2.48. The lowest BCUT2D eigenvalue weighted by molar-refractivity contribution is 0.170. The smallest absolute Gasteiger partial charge is 0.346 e. The van der Waals surface area contributed by atoms with Gasteiger partial charge in [0.05, 0.1) is 6.54 Å². The van der Waals surface area contributed by atoms with Crippen LogP contribution >= 0.6 is 0 Å². The number of aliphatic imine (C=N–C) groups is 1. The molecule has 1 unspecified atom stereocenters. The van der Waals surface area contributed by atoms with E-state index >= 15 is 0 Å². The molecule has 0 saturated carbocycles. The van der Waals surface area contributed by atoms with Crippen LogP contribution in [0.3, 0.4) is 0 Å². The molecule has 104 valence electrons. The van der Waals surface area contributed by atoms with Gasteiger partial charge in [0.25, 0.3) is 0 Å². The van der Waals surface area contributed by atoms with Crippen LogP contribution in [0, 0.1) is 12.3 Å². The number of carbonyl (C=O) groups excluding carboxylic acids is 1. The second-order valence-corrected chi connectivity index (χ2v) is 5.30. The molecule has 1 fully saturated rings. The van der Waals surface area contributed by atoms with Crippen LogP contribution in [0.5, 0.6) is 0 Å². The Labute approximate surface area is 114 Å². The van der Waals surface area contributed by atoms with Crippen LogP contribution < -0.4 is 5.73 Å². The third kappa shape index (κ3) is 2.45. The first kappa shape index (κ1) is 13.9. The fourth-order valence-electron chi connectivity index (χ4n) is 3.14. The predicted molar refractivity (Wildman–Crippen MR) is 75.9 cm³/mol. The van der Waals surface area contributed by atoms with E-state index in [2.05, 4.69) is 22.7 Å². The van der Waals surface area contributed by atoms with Gasteiger partial charge < -0.3 is 10.6 Å². The Morgan fingerprint density at radius 2 is 2.26 bits per heavy atom. The van der Waals surface area contributed by atoms with Crippen molar-refractivity contribution in [1.29, 1.82) is 0 Å². The van der Waals surface area contributed by atoms with E-state index in [0.717, 1.165) is 45.3 Å². The van der Waals surface area contributed by atoms with Crippen molar-refractivity contribution >= 4 is 11.9 Å². The van der Waals surface area contributed by atoms with Crippen molar-refractivity contribution in [2.75, 3.05) is 26.2 Å². The predicted octanol–water partition coefficient (Wildman–Crippen LogP) is 1.05. The van der Waals surface area contributed by atoms with Gasteiger partial charge in [0.1, 0.15) is 11.4 Å². The fourth-order valence-corrected chi connectivity index (χ4v) is 3.14. The van der Waals surface area contributed by atoms with Gasteiger partial charge in [0.2, 0.25) is 0 Å². The van der Waals surface area contributed by atoms with Gasteiger partial charge in [0.15, 0.2) is 0 Å². The van der Waals surface area contributed by atoms with Crippen molar-refractivity contribution in [2.24, 2.45) is 10.7 Å². The zero-order valence-electron chi connectivity index (χ0n) is 11.6. The molecular weight excluding hydrogens is 240 g/mol. The standard InChI is InChI=1S/C14H22N4O/c1-3-8-17-10-5-6-14(7-11-17)12(15)16-13(19)18(14)9-4-2/h2H,3,5-11H2,1H3,(H2,15,16,19). The second kappa shape index (κ2) is 5.62. The number of urea groups is 1. The molecule has 2 aliphatic heterocycles. The monoisotopic (exact) mass is 262 g/mol. The number of amidine groups is 1. The Balaban J connectivity index is 2.18. The van der Waals surface area contributed by atoms with E-state index in [1.807, 2.05) is 0 Å². The van der Waals surface area contributed by atoms with Crippen LogP contribution in [0.4, 0.5) is 4.79 Å². The molecule has 0 bridgehead atoms. The van der Waals surface area contributed by atoms with Crippen LogP contribution in [-0.4, -0.2) is 53.4 Å². The topological polar surface area (TPSA) is 61.9 Å². The van der Waals surface area contributed by atoms with Crippen LogP contribution in [0.25, 0.3) is 0 Å². The first-order valence-electron chi connectivity index (χ1n) is 6.96. The van der Waals surface area contributed by atoms with Gasteiger partial charge in [0, 0.05) is 6.54 Å². The molecule has 2 amide bonds. The Hall–Kier alpha value is -1.54. The molecule has 1 saturated heterocycles. The van der Waals surface area contributed by atoms with Gasteiger partial charge in [-0.25, -0.2) is 4.79 Å². The first-order valence-corrected chi connectivity index (χ1v) is 6.96. The maximum Gasteiger partial charge on any atom is 0.346 e. The molecule has 5 heteroatoms. The van der Waals surface area contributed by atoms with E-state index in [1.165, 1.54) is 0 Å². The van der Waals surface area contributed by atoms with Crippen molar-refractivity contribution in [3.05, 3.63) is 0 Å². The fraction of sp³-hybridized carbons (Fsp3) is 0.714. The van der Waals surface area contributed by atoms with Gasteiger partial charge in [-0.3, -0.25) is 4.90 Å². The molecule has 0 aliphatic carbocycles. The molecule has 2 rings (SSSR count). The lowest BCUT2D eigenvalue weighted by atomic mass is 9.88. The number of hydrogen-bond acceptors (Lipinski definition) is 3. The van der Waals surface area contributed by atoms with Gasteiger partial charge in [-0.1, -0.05) is 12.8 Å². The third-order valence-corrected chi connectivity index (χ3v) is 4.14. The largest absolute Gasteiger partial charge is 0.385 e. The minimum absolute atomic E-state index is 0.278. The number of nitrogens with two attached hydrogens (primary N) is 1. The lowest BCUT2D eigenvalue weighted by Gasteiger charge is -2.36. The molecule has 2 N–H and O–H groups in total. The van der Waals surface area contributed by atoms with Crippen molar-refractivity contribution in [1.82, 2.24) is 9.80 Å². The van der Waals surface area contributed by atoms with E-state index in [1.54, 1.807) is 4.90 Å². The maximum absolute atomic E-state index is 11.9. The number of carbonyl (C=O) groups is 1. The van der Waals surface area contributed by atoms with Crippen molar-refractivity contribution < 1.29 is 4.79 Å². The van der Waals surface area contributed by atoms with E-state index in [-0.39, 0.29) is 12.6 Å². The van der Waals surface area contributed by atoms with E-state index in [4.69, 9.17) is 12.2 Å². The summed E-state index contributed by atoms with van der Waals surface area (Å²) in [7, 11) is 0. The van der Waals surface area contributed by atoms with Crippen LogP contribution in [-0.2, 0) is 0 Å². The van der Waals surface area contributed by atoms with Crippen LogP contribution in [0.2, 0.25) is 0 Å². The molecule has 1 atom stereocenters. The Kier molecular flexibility index (Phi) is 4.11. The zero-order valence-corrected chi connectivity index (χ0v) is 11.6. The first-order chi connectivity index (χ1) is 9.14. The van der Waals surface area contributed by atoms with Crippen molar-refractivity contribution in [3.8, 4) is 12.3 Å². The Morgan fingerprint density at radius 3 is 2.95 bits per heavy atom. The van der Waals surface area contributed by atoms with Gasteiger partial charge in [-0.15, -0.1) is 6.42 Å². The summed E-state index contributed by atoms with van der Waals surface area (Å²) in [5.74, 6) is 3.00. The Morgan fingerprint density at radius 1 is 1.47 bits per heavy atom. The molecule has 2 aliphatic rings. The maximum atomic E-state index is 11.9. The number of likely N-dealkylation sites (tertiary alicyclic amines) is 1. The highest BCUT2D eigenvalue weighted by molar-refractivity contribution is 6.05. The van der Waals surface area contributed by atoms with E-state index in [0.29, 0.717) is 5.84 Å². The number of hydrogen-bond donors (Lipinski definition) is 1. The zero-order chi connectivity index (χ0) is 13.9. The summed E-state index contributed by atoms with van der Waals surface area (Å²) < 4.78 is 0. The molecule has 0 aromatic rings. The average Bonchev–Trinajstić information content (AvgIpc) is 2.56. The summed E-state index contributed by atoms with van der Waals surface area (Å²) in [5, 5.41) is 0. The number of terminal acetylenes is 1. The van der Waals surface area contributed by atoms with E-state index in [9.17, 15) is 4.79 Å². The third-order valence-electron chi connectivity index (χ3n) is 4.14. The SMILES string of the molecule is C#CCN1C(=O)N=C(N)C12CCCN(CCC)CC2. The number of nitrogens with zero attached hydrogens (tertiary/aromatic N) is 3. The summed E-state index contributed by atoms with van der Waals surface area (Å²) in [6.07, 6.45) is 9.22. The quantitative estimate of drug-likeness (QED) is 0.773. The van der Waals surface area contributed by atoms with Crippen LogP contribution in [0.1, 0.15) is 32.6 Å². The highest BCUT2D eigenvalue weighted by atomic mass is 16.2. The lowest BCUT2D eigenvalue weighted by Crippen LogP contribution is -2.54. The summed E-state index contributed by atoms with van der Waals surface area (Å²) in [6, 6.07) is -0.278. The minimum atomic E-state index is -0.439. The molecular formula is C14H22N4O. The highest BCUT2D eigenvalue weighted by Crippen LogP contribution is 2.33. The van der Waals surface area contributed by atoms with Gasteiger partial charge in [-0.05, 0) is 38.8 Å². The normalized spacial score (nSPS) is 28.3. The van der Waals surface area contributed by atoms with Crippen molar-refractivity contribution in [3.63, 3.8) is 0 Å². The van der Waals surface area contributed by atoms with Gasteiger partial charge in [-0.2, -0.15) is 4.99 Å². The Bertz CT molecular complexity index is 426. The minimum Gasteiger partial charge on any atom is -0.385 e. The number of amides is 2. The molecule has 5 nitrogen and oxygen atoms in total. The summed E-state index contributed by atoms with van der Waals surface area (Å²) in [5.41, 5.74) is 5.61. The summed E-state index contributed by atoms with van der Waals surface area (Å²) in [6.45, 7) is 5.56. The average molecular weight is 262 g/mol. The summed E-state index contributed by atoms with van der Waals surface area (Å²) >= 11 is 0. The van der Waals surface area contributed by atoms with E-state index < -0.39 is 5.54 Å². The van der Waals surface area contributed by atoms with Gasteiger partial charge >= 0.3 is 6.03 Å². The molecule has 2 heterocycles. The van der Waals surface area contributed by atoms with Crippen LogP contribution in [0.15, 0.2) is 4.99 Å². The molecule has 0 radical (unpaired) electrons. The molecule has 0 aromatic carbocycles. The number of rotatable bonds is 3. The second-order valence-electron chi connectivity index (χ2n) is 5.30. The van der Waals surface area contributed by atoms with Crippen molar-refractivity contribution in [2.45, 2.75) is 38.1 Å². The molecule has 19 heavy (non-hydrogen) atoms. The molecule has 0 aromatic heterocycles. The summed E-state index contributed by atoms with van der Waals surface area (Å²) in [4.78, 5) is 20.0. The molecule has 1 spiro atoms.